The van der Waals surface area contributed by atoms with E-state index in [-0.39, 0.29) is 0 Å². The number of hydrogen-bond acceptors (Lipinski definition) is 2. The van der Waals surface area contributed by atoms with Gasteiger partial charge in [-0.15, -0.1) is 0 Å². The molecule has 112 valence electrons. The van der Waals surface area contributed by atoms with Gasteiger partial charge in [0.05, 0.1) is 0 Å². The monoisotopic (exact) mass is 274 g/mol. The molecule has 1 atom stereocenters. The van der Waals surface area contributed by atoms with Gasteiger partial charge in [0.15, 0.2) is 0 Å². The fourth-order valence-corrected chi connectivity index (χ4v) is 2.75. The highest BCUT2D eigenvalue weighted by molar-refractivity contribution is 5.20. The summed E-state index contributed by atoms with van der Waals surface area (Å²) in [4.78, 5) is 2.68. The maximum atomic E-state index is 3.63. The molecule has 0 aromatic heterocycles. The van der Waals surface area contributed by atoms with E-state index in [4.69, 9.17) is 0 Å². The Balaban J connectivity index is 2.13. The Morgan fingerprint density at radius 2 is 1.75 bits per heavy atom. The Hall–Kier alpha value is -0.860. The maximum absolute atomic E-state index is 3.63. The average molecular weight is 274 g/mol. The molecule has 1 aliphatic rings. The molecule has 2 heteroatoms. The van der Waals surface area contributed by atoms with E-state index < -0.39 is 0 Å². The van der Waals surface area contributed by atoms with E-state index in [9.17, 15) is 0 Å². The van der Waals surface area contributed by atoms with Gasteiger partial charge in [-0.1, -0.05) is 44.2 Å². The molecule has 1 saturated carbocycles. The van der Waals surface area contributed by atoms with Crippen LogP contribution in [0.2, 0.25) is 0 Å². The van der Waals surface area contributed by atoms with Crippen molar-refractivity contribution in [3.05, 3.63) is 35.9 Å². The van der Waals surface area contributed by atoms with Gasteiger partial charge < -0.3 is 5.32 Å². The standard InChI is InChI=1S/C18H30N2/c1-14(2)19-12-18(17-8-6-5-7-9-17)20(15(3)4)13-16-10-11-16/h5-9,14-16,18-19H,10-13H2,1-4H3. The summed E-state index contributed by atoms with van der Waals surface area (Å²) in [6, 6.07) is 12.6. The van der Waals surface area contributed by atoms with Crippen molar-refractivity contribution in [1.82, 2.24) is 10.2 Å². The lowest BCUT2D eigenvalue weighted by Gasteiger charge is -2.36. The highest BCUT2D eigenvalue weighted by atomic mass is 15.2. The van der Waals surface area contributed by atoms with Crippen LogP contribution in [0.3, 0.4) is 0 Å². The van der Waals surface area contributed by atoms with Crippen molar-refractivity contribution < 1.29 is 0 Å². The number of nitrogens with one attached hydrogen (secondary N) is 1. The first-order valence-corrected chi connectivity index (χ1v) is 8.12. The molecule has 1 aromatic rings. The molecule has 2 nitrogen and oxygen atoms in total. The zero-order valence-electron chi connectivity index (χ0n) is 13.5. The summed E-state index contributed by atoms with van der Waals surface area (Å²) in [5.74, 6) is 0.933. The molecule has 0 bridgehead atoms. The molecule has 1 N–H and O–H groups in total. The van der Waals surface area contributed by atoms with Gasteiger partial charge in [-0.05, 0) is 38.2 Å². The molecule has 0 spiro atoms. The third-order valence-corrected chi connectivity index (χ3v) is 4.13. The SMILES string of the molecule is CC(C)NCC(c1ccccc1)N(CC1CC1)C(C)C. The number of benzene rings is 1. The molecule has 0 amide bonds. The van der Waals surface area contributed by atoms with Crippen molar-refractivity contribution in [3.8, 4) is 0 Å². The van der Waals surface area contributed by atoms with Crippen LogP contribution in [0.4, 0.5) is 0 Å². The summed E-state index contributed by atoms with van der Waals surface area (Å²) in [7, 11) is 0. The lowest BCUT2D eigenvalue weighted by Crippen LogP contribution is -2.42. The molecule has 0 saturated heterocycles. The van der Waals surface area contributed by atoms with E-state index >= 15 is 0 Å². The van der Waals surface area contributed by atoms with Crippen molar-refractivity contribution in [2.24, 2.45) is 5.92 Å². The van der Waals surface area contributed by atoms with Crippen molar-refractivity contribution in [2.75, 3.05) is 13.1 Å². The topological polar surface area (TPSA) is 15.3 Å². The van der Waals surface area contributed by atoms with E-state index in [2.05, 4.69) is 68.2 Å². The third-order valence-electron chi connectivity index (χ3n) is 4.13. The van der Waals surface area contributed by atoms with Crippen LogP contribution in [0, 0.1) is 5.92 Å². The van der Waals surface area contributed by atoms with Crippen LogP contribution in [0.15, 0.2) is 30.3 Å². The molecule has 20 heavy (non-hydrogen) atoms. The van der Waals surface area contributed by atoms with Crippen LogP contribution >= 0.6 is 0 Å². The minimum Gasteiger partial charge on any atom is -0.313 e. The van der Waals surface area contributed by atoms with Crippen LogP contribution < -0.4 is 5.32 Å². The van der Waals surface area contributed by atoms with Crippen molar-refractivity contribution in [2.45, 2.75) is 58.7 Å². The largest absolute Gasteiger partial charge is 0.313 e. The highest BCUT2D eigenvalue weighted by Crippen LogP contribution is 2.33. The quantitative estimate of drug-likeness (QED) is 0.774. The minimum atomic E-state index is 0.485. The molecule has 1 unspecified atom stereocenters. The Morgan fingerprint density at radius 1 is 1.10 bits per heavy atom. The minimum absolute atomic E-state index is 0.485. The van der Waals surface area contributed by atoms with Crippen LogP contribution in [-0.4, -0.2) is 30.1 Å². The van der Waals surface area contributed by atoms with E-state index in [1.54, 1.807) is 0 Å². The Bertz CT molecular complexity index is 382. The molecule has 1 aliphatic carbocycles. The smallest absolute Gasteiger partial charge is 0.0475 e. The predicted octanol–water partition coefficient (Wildman–Crippen LogP) is 3.85. The first-order chi connectivity index (χ1) is 9.58. The summed E-state index contributed by atoms with van der Waals surface area (Å²) in [6.45, 7) is 11.4. The summed E-state index contributed by atoms with van der Waals surface area (Å²) in [5, 5.41) is 3.63. The molecule has 0 radical (unpaired) electrons. The fourth-order valence-electron chi connectivity index (χ4n) is 2.75. The average Bonchev–Trinajstić information content (AvgIpc) is 3.22. The molecular formula is C18H30N2. The summed E-state index contributed by atoms with van der Waals surface area (Å²) in [5.41, 5.74) is 1.44. The third kappa shape index (κ3) is 4.60. The van der Waals surface area contributed by atoms with Gasteiger partial charge in [-0.2, -0.15) is 0 Å². The summed E-state index contributed by atoms with van der Waals surface area (Å²) in [6.07, 6.45) is 2.84. The maximum Gasteiger partial charge on any atom is 0.0475 e. The summed E-state index contributed by atoms with van der Waals surface area (Å²) >= 11 is 0. The highest BCUT2D eigenvalue weighted by Gasteiger charge is 2.30. The van der Waals surface area contributed by atoms with Gasteiger partial charge in [0, 0.05) is 31.2 Å². The van der Waals surface area contributed by atoms with Gasteiger partial charge in [-0.25, -0.2) is 0 Å². The van der Waals surface area contributed by atoms with Gasteiger partial charge in [0.2, 0.25) is 0 Å². The van der Waals surface area contributed by atoms with E-state index in [0.29, 0.717) is 18.1 Å². The Kier molecular flexibility index (Phi) is 5.62. The number of rotatable bonds is 8. The molecule has 2 rings (SSSR count). The lowest BCUT2D eigenvalue weighted by atomic mass is 10.0. The number of nitrogens with zero attached hydrogens (tertiary/aromatic N) is 1. The van der Waals surface area contributed by atoms with E-state index in [1.165, 1.54) is 24.9 Å². The Morgan fingerprint density at radius 3 is 2.25 bits per heavy atom. The van der Waals surface area contributed by atoms with Gasteiger partial charge in [0.25, 0.3) is 0 Å². The second kappa shape index (κ2) is 7.24. The lowest BCUT2D eigenvalue weighted by molar-refractivity contribution is 0.141. The first-order valence-electron chi connectivity index (χ1n) is 8.12. The summed E-state index contributed by atoms with van der Waals surface area (Å²) < 4.78 is 0. The molecule has 0 aliphatic heterocycles. The van der Waals surface area contributed by atoms with Gasteiger partial charge >= 0.3 is 0 Å². The first kappa shape index (κ1) is 15.5. The van der Waals surface area contributed by atoms with Crippen molar-refractivity contribution in [1.29, 1.82) is 0 Å². The van der Waals surface area contributed by atoms with Crippen LogP contribution in [0.25, 0.3) is 0 Å². The molecule has 1 fully saturated rings. The van der Waals surface area contributed by atoms with E-state index in [0.717, 1.165) is 12.5 Å². The van der Waals surface area contributed by atoms with E-state index in [1.807, 2.05) is 0 Å². The van der Waals surface area contributed by atoms with Crippen LogP contribution in [0.5, 0.6) is 0 Å². The molecule has 1 aromatic carbocycles. The normalized spacial score (nSPS) is 17.1. The zero-order chi connectivity index (χ0) is 14.5. The second-order valence-corrected chi connectivity index (χ2v) is 6.72. The Labute approximate surface area is 124 Å². The van der Waals surface area contributed by atoms with Crippen LogP contribution in [0.1, 0.15) is 52.1 Å². The van der Waals surface area contributed by atoms with Gasteiger partial charge in [0.1, 0.15) is 0 Å². The zero-order valence-corrected chi connectivity index (χ0v) is 13.5. The van der Waals surface area contributed by atoms with Gasteiger partial charge in [-0.3, -0.25) is 4.90 Å². The number of hydrogen-bond donors (Lipinski definition) is 1. The predicted molar refractivity (Wildman–Crippen MR) is 86.9 cm³/mol. The molecule has 0 heterocycles. The van der Waals surface area contributed by atoms with Crippen molar-refractivity contribution in [3.63, 3.8) is 0 Å². The van der Waals surface area contributed by atoms with Crippen LogP contribution in [-0.2, 0) is 0 Å². The molecular weight excluding hydrogens is 244 g/mol. The fraction of sp³-hybridized carbons (Fsp3) is 0.667. The second-order valence-electron chi connectivity index (χ2n) is 6.72. The van der Waals surface area contributed by atoms with Crippen molar-refractivity contribution >= 4 is 0 Å².